The molecule has 1 amide bonds. The zero-order valence-corrected chi connectivity index (χ0v) is 12.6. The number of aliphatic hydroxyl groups excluding tert-OH is 1. The molecule has 118 valence electrons. The Morgan fingerprint density at radius 1 is 1.38 bits per heavy atom. The van der Waals surface area contributed by atoms with Gasteiger partial charge in [-0.2, -0.15) is 0 Å². The molecule has 0 saturated carbocycles. The number of fused-ring (bicyclic) bond motifs is 1. The van der Waals surface area contributed by atoms with Crippen molar-refractivity contribution in [3.05, 3.63) is 11.1 Å². The van der Waals surface area contributed by atoms with E-state index in [-0.39, 0.29) is 12.5 Å². The summed E-state index contributed by atoms with van der Waals surface area (Å²) in [6, 6.07) is 0. The fourth-order valence-electron chi connectivity index (χ4n) is 2.92. The molecule has 2 N–H and O–H groups in total. The van der Waals surface area contributed by atoms with Crippen LogP contribution in [0.5, 0.6) is 0 Å². The second kappa shape index (κ2) is 5.03. The van der Waals surface area contributed by atoms with Gasteiger partial charge in [-0.25, -0.2) is 0 Å². The van der Waals surface area contributed by atoms with Crippen molar-refractivity contribution in [3.8, 4) is 0 Å². The van der Waals surface area contributed by atoms with E-state index in [9.17, 15) is 9.90 Å². The average molecular weight is 299 g/mol. The molecule has 21 heavy (non-hydrogen) atoms. The first kappa shape index (κ1) is 14.9. The maximum atomic E-state index is 11.6. The summed E-state index contributed by atoms with van der Waals surface area (Å²) >= 11 is 0. The number of nitrogens with one attached hydrogen (secondary N) is 1. The fraction of sp³-hybridized carbons (Fsp3) is 0.786. The third-order valence-electron chi connectivity index (χ3n) is 3.87. The average Bonchev–Trinajstić information content (AvgIpc) is 2.80. The van der Waals surface area contributed by atoms with Crippen LogP contribution < -0.4 is 5.32 Å². The number of allylic oxidation sites excluding steroid dienone is 1. The van der Waals surface area contributed by atoms with Crippen molar-refractivity contribution in [2.75, 3.05) is 6.61 Å². The molecule has 3 fully saturated rings. The molecule has 7 heteroatoms. The van der Waals surface area contributed by atoms with Gasteiger partial charge in [0.1, 0.15) is 18.3 Å². The van der Waals surface area contributed by atoms with Crippen LogP contribution in [0.4, 0.5) is 0 Å². The normalized spacial score (nSPS) is 40.7. The Hall–Kier alpha value is -0.990. The van der Waals surface area contributed by atoms with Crippen molar-refractivity contribution in [1.29, 1.82) is 0 Å². The summed E-state index contributed by atoms with van der Waals surface area (Å²) < 4.78 is 23.0. The van der Waals surface area contributed by atoms with Crippen LogP contribution >= 0.6 is 0 Å². The molecule has 0 aromatic heterocycles. The van der Waals surface area contributed by atoms with Crippen LogP contribution in [0.15, 0.2) is 11.1 Å². The van der Waals surface area contributed by atoms with Crippen LogP contribution in [-0.4, -0.2) is 54.2 Å². The Bertz CT molecular complexity index is 484. The van der Waals surface area contributed by atoms with Crippen molar-refractivity contribution in [1.82, 2.24) is 5.32 Å². The van der Waals surface area contributed by atoms with Crippen LogP contribution in [0, 0.1) is 0 Å². The lowest BCUT2D eigenvalue weighted by molar-refractivity contribution is -0.226. The number of hydrogen-bond donors (Lipinski definition) is 2. The van der Waals surface area contributed by atoms with Crippen molar-refractivity contribution >= 4 is 5.91 Å². The van der Waals surface area contributed by atoms with E-state index in [1.807, 2.05) is 13.8 Å². The molecule has 5 atom stereocenters. The van der Waals surface area contributed by atoms with E-state index >= 15 is 0 Å². The molecule has 0 bridgehead atoms. The molecule has 3 saturated heterocycles. The smallest absolute Gasteiger partial charge is 0.253 e. The summed E-state index contributed by atoms with van der Waals surface area (Å²) in [5.74, 6) is -0.875. The van der Waals surface area contributed by atoms with Crippen LogP contribution in [0.1, 0.15) is 27.7 Å². The molecule has 0 spiro atoms. The first-order valence-electron chi connectivity index (χ1n) is 7.08. The minimum atomic E-state index is -0.750. The van der Waals surface area contributed by atoms with E-state index in [4.69, 9.17) is 18.9 Å². The lowest BCUT2D eigenvalue weighted by Crippen LogP contribution is -2.57. The van der Waals surface area contributed by atoms with Crippen molar-refractivity contribution in [2.45, 2.75) is 64.3 Å². The SMILES string of the molecule is CC(C)=C1C(=O)N[C@@H]1O[C@@H]1[C@H]2OC(C)(C)O[C@H]2O[C@@H]1CO. The second-order valence-electron chi connectivity index (χ2n) is 6.19. The Labute approximate surface area is 123 Å². The van der Waals surface area contributed by atoms with Crippen LogP contribution in [0.3, 0.4) is 0 Å². The van der Waals surface area contributed by atoms with Crippen molar-refractivity contribution in [2.24, 2.45) is 0 Å². The molecular weight excluding hydrogens is 278 g/mol. The number of rotatable bonds is 3. The summed E-state index contributed by atoms with van der Waals surface area (Å²) in [4.78, 5) is 11.6. The van der Waals surface area contributed by atoms with Crippen molar-refractivity contribution in [3.63, 3.8) is 0 Å². The highest BCUT2D eigenvalue weighted by atomic mass is 16.8. The van der Waals surface area contributed by atoms with Crippen LogP contribution in [-0.2, 0) is 23.7 Å². The van der Waals surface area contributed by atoms with Gasteiger partial charge in [-0.15, -0.1) is 0 Å². The summed E-state index contributed by atoms with van der Waals surface area (Å²) in [7, 11) is 0. The second-order valence-corrected chi connectivity index (χ2v) is 6.19. The van der Waals surface area contributed by atoms with Crippen molar-refractivity contribution < 1.29 is 28.8 Å². The highest BCUT2D eigenvalue weighted by Crippen LogP contribution is 2.39. The van der Waals surface area contributed by atoms with Gasteiger partial charge in [0, 0.05) is 0 Å². The predicted octanol–water partition coefficient (Wildman–Crippen LogP) is 0.0326. The van der Waals surface area contributed by atoms with Crippen LogP contribution in [0.25, 0.3) is 0 Å². The maximum absolute atomic E-state index is 11.6. The number of carbonyl (C=O) groups excluding carboxylic acids is 1. The monoisotopic (exact) mass is 299 g/mol. The first-order valence-corrected chi connectivity index (χ1v) is 7.08. The largest absolute Gasteiger partial charge is 0.394 e. The van der Waals surface area contributed by atoms with Gasteiger partial charge >= 0.3 is 0 Å². The number of aliphatic hydroxyl groups is 1. The summed E-state index contributed by atoms with van der Waals surface area (Å²) in [5.41, 5.74) is 1.52. The topological polar surface area (TPSA) is 86.3 Å². The molecule has 0 aromatic carbocycles. The quantitative estimate of drug-likeness (QED) is 0.565. The summed E-state index contributed by atoms with van der Waals surface area (Å²) in [6.07, 6.45) is -2.51. The Kier molecular flexibility index (Phi) is 3.58. The molecule has 0 aliphatic carbocycles. The third kappa shape index (κ3) is 2.49. The van der Waals surface area contributed by atoms with Gasteiger partial charge in [-0.3, -0.25) is 4.79 Å². The van der Waals surface area contributed by atoms with E-state index in [1.165, 1.54) is 0 Å². The Morgan fingerprint density at radius 3 is 2.67 bits per heavy atom. The molecule has 3 rings (SSSR count). The number of hydrogen-bond acceptors (Lipinski definition) is 6. The molecule has 0 unspecified atom stereocenters. The molecule has 3 aliphatic rings. The minimum Gasteiger partial charge on any atom is -0.394 e. The van der Waals surface area contributed by atoms with Gasteiger partial charge in [0.25, 0.3) is 5.91 Å². The first-order chi connectivity index (χ1) is 9.82. The van der Waals surface area contributed by atoms with Gasteiger partial charge in [0.05, 0.1) is 12.2 Å². The number of amides is 1. The van der Waals surface area contributed by atoms with E-state index in [0.29, 0.717) is 5.57 Å². The summed E-state index contributed by atoms with van der Waals surface area (Å²) in [6.45, 7) is 7.12. The summed E-state index contributed by atoms with van der Waals surface area (Å²) in [5, 5.41) is 12.1. The lowest BCUT2D eigenvalue weighted by Gasteiger charge is -2.35. The van der Waals surface area contributed by atoms with Gasteiger partial charge in [0.15, 0.2) is 18.3 Å². The van der Waals surface area contributed by atoms with Gasteiger partial charge in [-0.1, -0.05) is 5.57 Å². The molecule has 7 nitrogen and oxygen atoms in total. The van der Waals surface area contributed by atoms with E-state index in [0.717, 1.165) is 5.57 Å². The van der Waals surface area contributed by atoms with E-state index < -0.39 is 36.6 Å². The maximum Gasteiger partial charge on any atom is 0.253 e. The zero-order valence-electron chi connectivity index (χ0n) is 12.6. The Morgan fingerprint density at radius 2 is 2.10 bits per heavy atom. The lowest BCUT2D eigenvalue weighted by atomic mass is 10.0. The van der Waals surface area contributed by atoms with E-state index in [2.05, 4.69) is 5.32 Å². The third-order valence-corrected chi connectivity index (χ3v) is 3.87. The molecule has 3 heterocycles. The standard InChI is InChI=1S/C14H21NO6/c1-6(2)8-11(17)15-12(8)19-9-7(5-16)18-13-10(9)20-14(3,4)21-13/h7,9-10,12-13,16H,5H2,1-4H3,(H,15,17)/t7-,9+,10-,12-,13-/m1/s1. The van der Waals surface area contributed by atoms with Crippen LogP contribution in [0.2, 0.25) is 0 Å². The van der Waals surface area contributed by atoms with E-state index in [1.54, 1.807) is 13.8 Å². The highest BCUT2D eigenvalue weighted by molar-refractivity contribution is 6.01. The van der Waals surface area contributed by atoms with Gasteiger partial charge in [0.2, 0.25) is 0 Å². The predicted molar refractivity (Wildman–Crippen MR) is 71.0 cm³/mol. The van der Waals surface area contributed by atoms with Gasteiger partial charge < -0.3 is 29.4 Å². The molecule has 0 aromatic rings. The highest BCUT2D eigenvalue weighted by Gasteiger charge is 2.56. The Balaban J connectivity index is 1.74. The number of ether oxygens (including phenoxy) is 4. The minimum absolute atomic E-state index is 0.125. The number of β-lactam (4-membered cyclic amide) rings is 1. The number of carbonyl (C=O) groups is 1. The molecular formula is C14H21NO6. The molecule has 0 radical (unpaired) electrons. The fourth-order valence-corrected chi connectivity index (χ4v) is 2.92. The molecule has 3 aliphatic heterocycles. The van der Waals surface area contributed by atoms with Gasteiger partial charge in [-0.05, 0) is 27.7 Å². The zero-order chi connectivity index (χ0) is 15.4.